The Morgan fingerprint density at radius 2 is 1.85 bits per heavy atom. The molecule has 1 aliphatic carbocycles. The van der Waals surface area contributed by atoms with Gasteiger partial charge in [-0.1, -0.05) is 6.07 Å². The van der Waals surface area contributed by atoms with Gasteiger partial charge in [0, 0.05) is 36.2 Å². The lowest BCUT2D eigenvalue weighted by Crippen LogP contribution is -2.32. The first-order valence-corrected chi connectivity index (χ1v) is 11.0. The van der Waals surface area contributed by atoms with Crippen LogP contribution in [-0.2, 0) is 12.8 Å². The van der Waals surface area contributed by atoms with E-state index in [9.17, 15) is 4.79 Å². The van der Waals surface area contributed by atoms with Crippen LogP contribution in [0.1, 0.15) is 32.7 Å². The number of rotatable bonds is 5. The summed E-state index contributed by atoms with van der Waals surface area (Å²) < 4.78 is 1.96. The first kappa shape index (κ1) is 20.9. The molecule has 4 aromatic rings. The van der Waals surface area contributed by atoms with E-state index in [4.69, 9.17) is 0 Å². The number of fused-ring (bicyclic) bond motifs is 1. The normalized spacial score (nSPS) is 14.7. The number of hydrogen-bond acceptors (Lipinski definition) is 5. The van der Waals surface area contributed by atoms with Crippen molar-refractivity contribution in [3.63, 3.8) is 0 Å². The molecule has 7 heteroatoms. The number of hydrogen-bond donors (Lipinski definition) is 1. The first-order chi connectivity index (χ1) is 16.0. The predicted molar refractivity (Wildman–Crippen MR) is 129 cm³/mol. The number of amides is 1. The summed E-state index contributed by atoms with van der Waals surface area (Å²) in [7, 11) is 2.07. The van der Waals surface area contributed by atoms with Gasteiger partial charge >= 0.3 is 0 Å². The molecule has 2 heterocycles. The number of likely N-dealkylation sites (N-methyl/N-ethyl adjacent to an activating group) is 1. The standard InChI is InChI=1S/C26H26N6O/c1-17-6-22(11-24(7-17)32-14-18(2)29-16-32)30-26(33)20-5-4-19-9-23(10-21(19)8-20)31(3)25-12-27-15-28-13-25/h4-8,11-16,23H,9-10H2,1-3H3,(H,30,33)/t23-/m1/s1. The van der Waals surface area contributed by atoms with Crippen LogP contribution in [0.4, 0.5) is 11.4 Å². The van der Waals surface area contributed by atoms with E-state index in [1.807, 2.05) is 61.3 Å². The summed E-state index contributed by atoms with van der Waals surface area (Å²) in [4.78, 5) is 27.8. The first-order valence-electron chi connectivity index (χ1n) is 11.0. The Labute approximate surface area is 193 Å². The van der Waals surface area contributed by atoms with Gasteiger partial charge < -0.3 is 14.8 Å². The Bertz CT molecular complexity index is 1310. The van der Waals surface area contributed by atoms with E-state index in [2.05, 4.69) is 44.3 Å². The van der Waals surface area contributed by atoms with Crippen molar-refractivity contribution in [2.75, 3.05) is 17.3 Å². The number of carbonyl (C=O) groups excluding carboxylic acids is 1. The van der Waals surface area contributed by atoms with Crippen molar-refractivity contribution in [2.24, 2.45) is 0 Å². The van der Waals surface area contributed by atoms with E-state index in [-0.39, 0.29) is 5.91 Å². The SMILES string of the molecule is Cc1cc(NC(=O)c2ccc3c(c2)C[C@H](N(C)c2cncnc2)C3)cc(-n2cnc(C)c2)c1. The third kappa shape index (κ3) is 4.35. The van der Waals surface area contributed by atoms with Crippen molar-refractivity contribution in [1.82, 2.24) is 19.5 Å². The van der Waals surface area contributed by atoms with Crippen molar-refractivity contribution in [2.45, 2.75) is 32.7 Å². The average molecular weight is 439 g/mol. The Balaban J connectivity index is 1.32. The molecule has 0 saturated heterocycles. The second-order valence-electron chi connectivity index (χ2n) is 8.69. The molecule has 7 nitrogen and oxygen atoms in total. The molecular formula is C26H26N6O. The minimum absolute atomic E-state index is 0.107. The molecule has 2 aromatic heterocycles. The molecule has 2 aromatic carbocycles. The summed E-state index contributed by atoms with van der Waals surface area (Å²) in [5, 5.41) is 3.07. The highest BCUT2D eigenvalue weighted by Crippen LogP contribution is 2.29. The molecule has 5 rings (SSSR count). The average Bonchev–Trinajstić information content (AvgIpc) is 3.44. The number of anilines is 2. The molecule has 1 amide bonds. The fraction of sp³-hybridized carbons (Fsp3) is 0.231. The molecule has 33 heavy (non-hydrogen) atoms. The molecule has 0 spiro atoms. The lowest BCUT2D eigenvalue weighted by molar-refractivity contribution is 0.102. The van der Waals surface area contributed by atoms with Gasteiger partial charge in [0.1, 0.15) is 6.33 Å². The largest absolute Gasteiger partial charge is 0.368 e. The summed E-state index contributed by atoms with van der Waals surface area (Å²) in [5.74, 6) is -0.107. The number of nitrogens with zero attached hydrogens (tertiary/aromatic N) is 5. The van der Waals surface area contributed by atoms with E-state index >= 15 is 0 Å². The van der Waals surface area contributed by atoms with Crippen LogP contribution in [0.2, 0.25) is 0 Å². The van der Waals surface area contributed by atoms with E-state index < -0.39 is 0 Å². The van der Waals surface area contributed by atoms with Crippen LogP contribution in [-0.4, -0.2) is 38.5 Å². The molecule has 1 N–H and O–H groups in total. The number of aryl methyl sites for hydroxylation is 2. The van der Waals surface area contributed by atoms with E-state index in [1.165, 1.54) is 11.1 Å². The van der Waals surface area contributed by atoms with Gasteiger partial charge in [-0.15, -0.1) is 0 Å². The van der Waals surface area contributed by atoms with Gasteiger partial charge in [-0.05, 0) is 73.7 Å². The van der Waals surface area contributed by atoms with E-state index in [0.29, 0.717) is 11.6 Å². The molecule has 166 valence electrons. The Hall–Kier alpha value is -4.00. The number of nitrogens with one attached hydrogen (secondary N) is 1. The van der Waals surface area contributed by atoms with Crippen LogP contribution in [0.3, 0.4) is 0 Å². The number of carbonyl (C=O) groups is 1. The van der Waals surface area contributed by atoms with Gasteiger partial charge in [-0.25, -0.2) is 15.0 Å². The minimum Gasteiger partial charge on any atom is -0.368 e. The van der Waals surface area contributed by atoms with Crippen LogP contribution in [0, 0.1) is 13.8 Å². The van der Waals surface area contributed by atoms with Gasteiger partial charge in [-0.2, -0.15) is 0 Å². The molecule has 1 atom stereocenters. The number of imidazole rings is 1. The summed E-state index contributed by atoms with van der Waals surface area (Å²) >= 11 is 0. The predicted octanol–water partition coefficient (Wildman–Crippen LogP) is 4.14. The minimum atomic E-state index is -0.107. The van der Waals surface area contributed by atoms with Gasteiger partial charge in [0.25, 0.3) is 5.91 Å². The lowest BCUT2D eigenvalue weighted by atomic mass is 10.1. The summed E-state index contributed by atoms with van der Waals surface area (Å²) in [6, 6.07) is 12.4. The molecule has 0 unspecified atom stereocenters. The van der Waals surface area contributed by atoms with Gasteiger partial charge in [0.05, 0.1) is 30.1 Å². The Morgan fingerprint density at radius 3 is 2.61 bits per heavy atom. The molecule has 1 aliphatic rings. The lowest BCUT2D eigenvalue weighted by Gasteiger charge is -2.25. The Kier molecular flexibility index (Phi) is 5.38. The number of benzene rings is 2. The highest BCUT2D eigenvalue weighted by Gasteiger charge is 2.26. The number of aromatic nitrogens is 4. The second-order valence-corrected chi connectivity index (χ2v) is 8.69. The van der Waals surface area contributed by atoms with Crippen LogP contribution >= 0.6 is 0 Å². The molecule has 0 aliphatic heterocycles. The van der Waals surface area contributed by atoms with E-state index in [0.717, 1.165) is 41.2 Å². The fourth-order valence-corrected chi connectivity index (χ4v) is 4.44. The van der Waals surface area contributed by atoms with Gasteiger partial charge in [0.2, 0.25) is 0 Å². The third-order valence-corrected chi connectivity index (χ3v) is 6.21. The Morgan fingerprint density at radius 1 is 1.06 bits per heavy atom. The van der Waals surface area contributed by atoms with Crippen molar-refractivity contribution in [3.05, 3.63) is 95.6 Å². The smallest absolute Gasteiger partial charge is 0.255 e. The summed E-state index contributed by atoms with van der Waals surface area (Å²) in [5.41, 5.74) is 7.92. The third-order valence-electron chi connectivity index (χ3n) is 6.21. The molecular weight excluding hydrogens is 412 g/mol. The van der Waals surface area contributed by atoms with Crippen LogP contribution in [0.5, 0.6) is 0 Å². The highest BCUT2D eigenvalue weighted by atomic mass is 16.1. The zero-order chi connectivity index (χ0) is 22.9. The maximum Gasteiger partial charge on any atom is 0.255 e. The monoisotopic (exact) mass is 438 g/mol. The van der Waals surface area contributed by atoms with Crippen LogP contribution in [0.25, 0.3) is 5.69 Å². The van der Waals surface area contributed by atoms with Gasteiger partial charge in [0.15, 0.2) is 0 Å². The van der Waals surface area contributed by atoms with Crippen LogP contribution < -0.4 is 10.2 Å². The zero-order valence-electron chi connectivity index (χ0n) is 19.0. The molecule has 0 bridgehead atoms. The van der Waals surface area contributed by atoms with Gasteiger partial charge in [-0.3, -0.25) is 4.79 Å². The zero-order valence-corrected chi connectivity index (χ0v) is 19.0. The fourth-order valence-electron chi connectivity index (χ4n) is 4.44. The summed E-state index contributed by atoms with van der Waals surface area (Å²) in [6.07, 6.45) is 10.8. The van der Waals surface area contributed by atoms with Crippen molar-refractivity contribution in [1.29, 1.82) is 0 Å². The quantitative estimate of drug-likeness (QED) is 0.507. The maximum atomic E-state index is 13.1. The van der Waals surface area contributed by atoms with Crippen molar-refractivity contribution in [3.8, 4) is 5.69 Å². The topological polar surface area (TPSA) is 75.9 Å². The van der Waals surface area contributed by atoms with E-state index in [1.54, 1.807) is 12.7 Å². The molecule has 0 fully saturated rings. The maximum absolute atomic E-state index is 13.1. The molecule has 0 saturated carbocycles. The second kappa shape index (κ2) is 8.50. The molecule has 0 radical (unpaired) electrons. The highest BCUT2D eigenvalue weighted by molar-refractivity contribution is 6.04. The van der Waals surface area contributed by atoms with Crippen LogP contribution in [0.15, 0.2) is 67.6 Å². The van der Waals surface area contributed by atoms with Crippen molar-refractivity contribution >= 4 is 17.3 Å². The van der Waals surface area contributed by atoms with Crippen molar-refractivity contribution < 1.29 is 4.79 Å². The summed E-state index contributed by atoms with van der Waals surface area (Å²) in [6.45, 7) is 3.98.